The van der Waals surface area contributed by atoms with E-state index in [4.69, 9.17) is 9.47 Å². The lowest BCUT2D eigenvalue weighted by molar-refractivity contribution is -0.124. The minimum atomic E-state index is -0.162. The molecule has 1 saturated carbocycles. The Morgan fingerprint density at radius 2 is 2.13 bits per heavy atom. The number of hydrogen-bond acceptors (Lipinski definition) is 6. The van der Waals surface area contributed by atoms with E-state index in [1.165, 1.54) is 0 Å². The zero-order chi connectivity index (χ0) is 20.9. The van der Waals surface area contributed by atoms with Crippen molar-refractivity contribution < 1.29 is 19.1 Å². The van der Waals surface area contributed by atoms with Crippen molar-refractivity contribution in [2.75, 3.05) is 33.4 Å². The van der Waals surface area contributed by atoms with Gasteiger partial charge in [0.25, 0.3) is 0 Å². The van der Waals surface area contributed by atoms with Crippen molar-refractivity contribution >= 4 is 11.8 Å². The molecule has 4 rings (SSSR count). The van der Waals surface area contributed by atoms with Crippen molar-refractivity contribution in [1.29, 1.82) is 0 Å². The number of pyridine rings is 1. The molecule has 0 radical (unpaired) electrons. The third-order valence-corrected chi connectivity index (χ3v) is 6.33. The molecule has 164 valence electrons. The highest BCUT2D eigenvalue weighted by Crippen LogP contribution is 2.42. The second kappa shape index (κ2) is 9.85. The van der Waals surface area contributed by atoms with Crippen LogP contribution in [0.1, 0.15) is 31.4 Å². The summed E-state index contributed by atoms with van der Waals surface area (Å²) in [5.41, 5.74) is 1.01. The zero-order valence-corrected chi connectivity index (χ0v) is 17.6. The smallest absolute Gasteiger partial charge is 0.222 e. The molecule has 3 heterocycles. The van der Waals surface area contributed by atoms with E-state index in [-0.39, 0.29) is 35.8 Å². The molecule has 3 fully saturated rings. The number of aromatic nitrogens is 1. The summed E-state index contributed by atoms with van der Waals surface area (Å²) in [4.78, 5) is 31.7. The number of rotatable bonds is 10. The summed E-state index contributed by atoms with van der Waals surface area (Å²) in [5.74, 6) is 0.446. The topological polar surface area (TPSA) is 92.8 Å². The summed E-state index contributed by atoms with van der Waals surface area (Å²) >= 11 is 0. The first-order valence-corrected chi connectivity index (χ1v) is 10.9. The van der Waals surface area contributed by atoms with Gasteiger partial charge in [0.05, 0.1) is 31.4 Å². The van der Waals surface area contributed by atoms with Crippen molar-refractivity contribution in [3.63, 3.8) is 0 Å². The number of methoxy groups -OCH3 is 1. The van der Waals surface area contributed by atoms with Crippen molar-refractivity contribution in [2.24, 2.45) is 11.8 Å². The second-order valence-electron chi connectivity index (χ2n) is 8.62. The van der Waals surface area contributed by atoms with E-state index < -0.39 is 0 Å². The molecule has 8 nitrogen and oxygen atoms in total. The van der Waals surface area contributed by atoms with Gasteiger partial charge in [0.2, 0.25) is 11.8 Å². The molecule has 2 aliphatic heterocycles. The maximum absolute atomic E-state index is 12.5. The average molecular weight is 417 g/mol. The highest BCUT2D eigenvalue weighted by Gasteiger charge is 2.51. The molecule has 0 aromatic carbocycles. The molecular formula is C22H32N4O4. The Morgan fingerprint density at radius 3 is 2.87 bits per heavy atom. The lowest BCUT2D eigenvalue weighted by atomic mass is 9.84. The van der Waals surface area contributed by atoms with Crippen LogP contribution in [0.15, 0.2) is 24.4 Å². The van der Waals surface area contributed by atoms with Crippen molar-refractivity contribution in [3.05, 3.63) is 30.1 Å². The summed E-state index contributed by atoms with van der Waals surface area (Å²) in [6.07, 6.45) is 4.63. The van der Waals surface area contributed by atoms with Gasteiger partial charge in [-0.05, 0) is 30.9 Å². The maximum atomic E-state index is 12.5. The van der Waals surface area contributed by atoms with Crippen LogP contribution in [0.25, 0.3) is 0 Å². The van der Waals surface area contributed by atoms with Crippen LogP contribution in [-0.4, -0.2) is 73.3 Å². The Balaban J connectivity index is 1.41. The number of ether oxygens (including phenoxy) is 2. The fraction of sp³-hybridized carbons (Fsp3) is 0.682. The van der Waals surface area contributed by atoms with Gasteiger partial charge >= 0.3 is 0 Å². The highest BCUT2D eigenvalue weighted by atomic mass is 16.5. The van der Waals surface area contributed by atoms with Crippen LogP contribution in [-0.2, 0) is 25.6 Å². The summed E-state index contributed by atoms with van der Waals surface area (Å²) < 4.78 is 11.1. The average Bonchev–Trinajstić information content (AvgIpc) is 3.34. The van der Waals surface area contributed by atoms with E-state index in [0.29, 0.717) is 38.6 Å². The van der Waals surface area contributed by atoms with Crippen LogP contribution in [0.2, 0.25) is 0 Å². The standard InChI is InChI=1S/C22H32N4O4/c1-29-9-8-24-20(27)11-19-22-15(10-21(28)25-16-5-6-16)12-26(18(22)14-30-19)13-17-4-2-3-7-23-17/h2-4,7,15-16,18-19,22H,5-6,8-14H2,1H3,(H,24,27)(H,25,28)/t15-,18-,19+,22-/m1/s1. The zero-order valence-electron chi connectivity index (χ0n) is 17.6. The first-order valence-electron chi connectivity index (χ1n) is 10.9. The first-order chi connectivity index (χ1) is 14.6. The largest absolute Gasteiger partial charge is 0.383 e. The molecule has 3 aliphatic rings. The summed E-state index contributed by atoms with van der Waals surface area (Å²) in [7, 11) is 1.61. The van der Waals surface area contributed by atoms with Gasteiger partial charge in [0.1, 0.15) is 0 Å². The lowest BCUT2D eigenvalue weighted by Crippen LogP contribution is -2.36. The Bertz CT molecular complexity index is 727. The summed E-state index contributed by atoms with van der Waals surface area (Å²) in [6.45, 7) is 3.14. The molecule has 30 heavy (non-hydrogen) atoms. The van der Waals surface area contributed by atoms with E-state index in [0.717, 1.165) is 31.6 Å². The maximum Gasteiger partial charge on any atom is 0.222 e. The molecule has 1 aliphatic carbocycles. The summed E-state index contributed by atoms with van der Waals surface area (Å²) in [6, 6.07) is 6.51. The number of likely N-dealkylation sites (tertiary alicyclic amines) is 1. The Morgan fingerprint density at radius 1 is 1.27 bits per heavy atom. The normalized spacial score (nSPS) is 28.3. The molecule has 0 unspecified atom stereocenters. The van der Waals surface area contributed by atoms with Gasteiger partial charge < -0.3 is 20.1 Å². The number of carbonyl (C=O) groups excluding carboxylic acids is 2. The van der Waals surface area contributed by atoms with Gasteiger partial charge in [-0.15, -0.1) is 0 Å². The minimum absolute atomic E-state index is 0.0259. The van der Waals surface area contributed by atoms with E-state index in [1.54, 1.807) is 7.11 Å². The van der Waals surface area contributed by atoms with Gasteiger partial charge in [0.15, 0.2) is 0 Å². The van der Waals surface area contributed by atoms with Crippen LogP contribution in [0.4, 0.5) is 0 Å². The Kier molecular flexibility index (Phi) is 6.97. The van der Waals surface area contributed by atoms with E-state index in [1.807, 2.05) is 24.4 Å². The van der Waals surface area contributed by atoms with E-state index in [9.17, 15) is 9.59 Å². The molecule has 8 heteroatoms. The van der Waals surface area contributed by atoms with Crippen LogP contribution in [0, 0.1) is 11.8 Å². The monoisotopic (exact) mass is 416 g/mol. The first kappa shape index (κ1) is 21.2. The Labute approximate surface area is 177 Å². The fourth-order valence-corrected chi connectivity index (χ4v) is 4.79. The van der Waals surface area contributed by atoms with Gasteiger partial charge in [-0.3, -0.25) is 19.5 Å². The predicted octanol–water partition coefficient (Wildman–Crippen LogP) is 0.718. The predicted molar refractivity (Wildman–Crippen MR) is 110 cm³/mol. The van der Waals surface area contributed by atoms with Crippen LogP contribution < -0.4 is 10.6 Å². The third kappa shape index (κ3) is 5.36. The highest BCUT2D eigenvalue weighted by molar-refractivity contribution is 5.77. The molecule has 2 N–H and O–H groups in total. The molecular weight excluding hydrogens is 384 g/mol. The number of amides is 2. The van der Waals surface area contributed by atoms with Crippen LogP contribution in [0.5, 0.6) is 0 Å². The summed E-state index contributed by atoms with van der Waals surface area (Å²) in [5, 5.41) is 6.00. The molecule has 1 aromatic heterocycles. The quantitative estimate of drug-likeness (QED) is 0.546. The second-order valence-corrected chi connectivity index (χ2v) is 8.62. The van der Waals surface area contributed by atoms with Gasteiger partial charge in [0, 0.05) is 57.4 Å². The number of hydrogen-bond donors (Lipinski definition) is 2. The van der Waals surface area contributed by atoms with E-state index in [2.05, 4.69) is 20.5 Å². The molecule has 1 aromatic rings. The fourth-order valence-electron chi connectivity index (χ4n) is 4.79. The molecule has 2 saturated heterocycles. The molecule has 0 bridgehead atoms. The SMILES string of the molecule is COCCNC(=O)C[C@@H]1OC[C@@H]2[C@H]1[C@H](CC(=O)NC1CC1)CN2Cc1ccccn1. The van der Waals surface area contributed by atoms with Crippen LogP contribution in [0.3, 0.4) is 0 Å². The lowest BCUT2D eigenvalue weighted by Gasteiger charge is -2.23. The van der Waals surface area contributed by atoms with Crippen molar-refractivity contribution in [2.45, 2.75) is 50.4 Å². The molecule has 2 amide bonds. The van der Waals surface area contributed by atoms with Crippen molar-refractivity contribution in [1.82, 2.24) is 20.5 Å². The van der Waals surface area contributed by atoms with Gasteiger partial charge in [-0.1, -0.05) is 6.07 Å². The molecule has 4 atom stereocenters. The van der Waals surface area contributed by atoms with Gasteiger partial charge in [-0.25, -0.2) is 0 Å². The number of fused-ring (bicyclic) bond motifs is 1. The van der Waals surface area contributed by atoms with Gasteiger partial charge in [-0.2, -0.15) is 0 Å². The number of nitrogens with one attached hydrogen (secondary N) is 2. The minimum Gasteiger partial charge on any atom is -0.383 e. The molecule has 0 spiro atoms. The number of carbonyl (C=O) groups is 2. The number of nitrogens with zero attached hydrogens (tertiary/aromatic N) is 2. The third-order valence-electron chi connectivity index (χ3n) is 6.33. The van der Waals surface area contributed by atoms with Crippen molar-refractivity contribution in [3.8, 4) is 0 Å². The van der Waals surface area contributed by atoms with Crippen LogP contribution >= 0.6 is 0 Å². The van der Waals surface area contributed by atoms with E-state index >= 15 is 0 Å². The Hall–Kier alpha value is -2.03.